The summed E-state index contributed by atoms with van der Waals surface area (Å²) in [6.07, 6.45) is -0.728. The summed E-state index contributed by atoms with van der Waals surface area (Å²) in [6, 6.07) is 10.6. The molecule has 1 aromatic carbocycles. The van der Waals surface area contributed by atoms with E-state index in [-0.39, 0.29) is 30.6 Å². The molecule has 1 unspecified atom stereocenters. The van der Waals surface area contributed by atoms with Crippen LogP contribution in [0.5, 0.6) is 5.75 Å². The van der Waals surface area contributed by atoms with Gasteiger partial charge in [-0.3, -0.25) is 19.3 Å². The minimum atomic E-state index is -0.839. The number of carbonyl (C=O) groups excluding carboxylic acids is 3. The van der Waals surface area contributed by atoms with E-state index in [0.717, 1.165) is 0 Å². The van der Waals surface area contributed by atoms with Crippen molar-refractivity contribution in [2.75, 3.05) is 31.7 Å². The van der Waals surface area contributed by atoms with Gasteiger partial charge < -0.3 is 14.8 Å². The van der Waals surface area contributed by atoms with Gasteiger partial charge >= 0.3 is 0 Å². The first-order valence-corrected chi connectivity index (χ1v) is 11.7. The fourth-order valence-electron chi connectivity index (χ4n) is 3.22. The molecule has 32 heavy (non-hydrogen) atoms. The Bertz CT molecular complexity index is 1110. The highest BCUT2D eigenvalue weighted by Crippen LogP contribution is 2.37. The number of rotatable bonds is 9. The van der Waals surface area contributed by atoms with Gasteiger partial charge in [0.05, 0.1) is 17.0 Å². The van der Waals surface area contributed by atoms with Crippen LogP contribution in [0, 0.1) is 0 Å². The van der Waals surface area contributed by atoms with Crippen molar-refractivity contribution in [3.63, 3.8) is 0 Å². The first kappa shape index (κ1) is 22.1. The van der Waals surface area contributed by atoms with Crippen LogP contribution in [0.4, 0.5) is 5.13 Å². The zero-order valence-corrected chi connectivity index (χ0v) is 18.9. The summed E-state index contributed by atoms with van der Waals surface area (Å²) in [7, 11) is 1.56. The van der Waals surface area contributed by atoms with Gasteiger partial charge in [-0.25, -0.2) is 4.98 Å². The van der Waals surface area contributed by atoms with E-state index < -0.39 is 6.10 Å². The predicted molar refractivity (Wildman–Crippen MR) is 122 cm³/mol. The number of ketones is 1. The number of carbonyl (C=O) groups is 3. The van der Waals surface area contributed by atoms with Crippen LogP contribution in [0.3, 0.4) is 0 Å². The maximum absolute atomic E-state index is 13.1. The second-order valence-electron chi connectivity index (χ2n) is 6.94. The van der Waals surface area contributed by atoms with Gasteiger partial charge in [0.1, 0.15) is 11.4 Å². The molecular formula is C22H21N3O5S2. The first-order chi connectivity index (χ1) is 15.6. The van der Waals surface area contributed by atoms with E-state index in [1.165, 1.54) is 27.6 Å². The molecule has 1 N–H and O–H groups in total. The second-order valence-corrected chi connectivity index (χ2v) is 8.72. The molecule has 1 aliphatic heterocycles. The Hall–Kier alpha value is -3.08. The summed E-state index contributed by atoms with van der Waals surface area (Å²) in [4.78, 5) is 44.6. The van der Waals surface area contributed by atoms with Crippen molar-refractivity contribution in [2.24, 2.45) is 0 Å². The van der Waals surface area contributed by atoms with Gasteiger partial charge in [0, 0.05) is 32.0 Å². The number of hydrogen-bond acceptors (Lipinski definition) is 8. The fraction of sp³-hybridized carbons (Fsp3) is 0.273. The second kappa shape index (κ2) is 10.0. The number of thiazole rings is 1. The molecule has 2 amide bonds. The molecule has 3 heterocycles. The fourth-order valence-corrected chi connectivity index (χ4v) is 4.76. The molecular weight excluding hydrogens is 450 g/mol. The maximum Gasteiger partial charge on any atom is 0.270 e. The van der Waals surface area contributed by atoms with Crippen molar-refractivity contribution in [2.45, 2.75) is 12.5 Å². The van der Waals surface area contributed by atoms with E-state index in [2.05, 4.69) is 10.3 Å². The Balaban J connectivity index is 1.52. The number of anilines is 1. The molecule has 0 radical (unpaired) electrons. The summed E-state index contributed by atoms with van der Waals surface area (Å²) in [6.45, 7) is 0.969. The summed E-state index contributed by atoms with van der Waals surface area (Å²) < 4.78 is 10.7. The molecule has 0 saturated carbocycles. The van der Waals surface area contributed by atoms with Crippen molar-refractivity contribution in [3.8, 4) is 5.75 Å². The summed E-state index contributed by atoms with van der Waals surface area (Å²) in [5.41, 5.74) is 0.964. The van der Waals surface area contributed by atoms with Crippen molar-refractivity contribution in [1.29, 1.82) is 0 Å². The molecule has 2 aromatic heterocycles. The van der Waals surface area contributed by atoms with Crippen LogP contribution in [0.25, 0.3) is 0 Å². The molecule has 166 valence electrons. The lowest BCUT2D eigenvalue weighted by Crippen LogP contribution is -2.35. The normalized spacial score (nSPS) is 14.7. The molecule has 4 rings (SSSR count). The number of nitrogens with one attached hydrogen (secondary N) is 1. The van der Waals surface area contributed by atoms with Gasteiger partial charge in [0.2, 0.25) is 17.8 Å². The highest BCUT2D eigenvalue weighted by molar-refractivity contribution is 7.14. The van der Waals surface area contributed by atoms with Gasteiger partial charge in [-0.1, -0.05) is 18.2 Å². The topological polar surface area (TPSA) is 97.8 Å². The Kier molecular flexibility index (Phi) is 6.93. The third-order valence-corrected chi connectivity index (χ3v) is 6.55. The van der Waals surface area contributed by atoms with E-state index in [0.29, 0.717) is 40.2 Å². The number of benzene rings is 1. The van der Waals surface area contributed by atoms with Gasteiger partial charge in [0.25, 0.3) is 5.91 Å². The summed E-state index contributed by atoms with van der Waals surface area (Å²) >= 11 is 2.56. The van der Waals surface area contributed by atoms with Crippen molar-refractivity contribution >= 4 is 45.4 Å². The molecule has 0 aliphatic carbocycles. The van der Waals surface area contributed by atoms with E-state index >= 15 is 0 Å². The summed E-state index contributed by atoms with van der Waals surface area (Å²) in [5.74, 6) is -0.0671. The Labute approximate surface area is 192 Å². The standard InChI is InChI=1S/C22H21N3O5S2/c1-29-11-9-23-18(26)8-10-25(21(28)17-7-4-12-31-17)22-24-15(13-32-22)20-19(27)14-5-2-3-6-16(14)30-20/h2-7,12-13,20H,8-11H2,1H3,(H,23,26). The molecule has 1 atom stereocenters. The molecule has 0 saturated heterocycles. The summed E-state index contributed by atoms with van der Waals surface area (Å²) in [5, 5.41) is 6.70. The van der Waals surface area contributed by atoms with Crippen LogP contribution >= 0.6 is 22.7 Å². The largest absolute Gasteiger partial charge is 0.475 e. The third-order valence-electron chi connectivity index (χ3n) is 4.81. The number of para-hydroxylation sites is 1. The number of aromatic nitrogens is 1. The average Bonchev–Trinajstić information content (AvgIpc) is 3.55. The van der Waals surface area contributed by atoms with Crippen molar-refractivity contribution < 1.29 is 23.9 Å². The van der Waals surface area contributed by atoms with Crippen LogP contribution in [0.1, 0.15) is 38.2 Å². The lowest BCUT2D eigenvalue weighted by molar-refractivity contribution is -0.121. The number of Topliss-reactive ketones (excluding diaryl/α,β-unsaturated/α-hetero) is 1. The third kappa shape index (κ3) is 4.72. The van der Waals surface area contributed by atoms with Crippen LogP contribution in [0.15, 0.2) is 47.2 Å². The van der Waals surface area contributed by atoms with Crippen LogP contribution in [-0.2, 0) is 9.53 Å². The Morgan fingerprint density at radius 3 is 2.81 bits per heavy atom. The lowest BCUT2D eigenvalue weighted by Gasteiger charge is -2.19. The smallest absolute Gasteiger partial charge is 0.270 e. The zero-order valence-electron chi connectivity index (χ0n) is 17.3. The van der Waals surface area contributed by atoms with Gasteiger partial charge in [0.15, 0.2) is 5.13 Å². The van der Waals surface area contributed by atoms with E-state index in [1.807, 2.05) is 5.38 Å². The van der Waals surface area contributed by atoms with Crippen LogP contribution in [0.2, 0.25) is 0 Å². The number of methoxy groups -OCH3 is 1. The first-order valence-electron chi connectivity index (χ1n) is 9.95. The SMILES string of the molecule is COCCNC(=O)CCN(C(=O)c1cccs1)c1nc(C2Oc3ccccc3C2=O)cs1. The monoisotopic (exact) mass is 471 g/mol. The number of thiophene rings is 1. The number of ether oxygens (including phenoxy) is 2. The van der Waals surface area contributed by atoms with Crippen molar-refractivity contribution in [1.82, 2.24) is 10.3 Å². The molecule has 0 fully saturated rings. The molecule has 0 bridgehead atoms. The predicted octanol–water partition coefficient (Wildman–Crippen LogP) is 3.32. The minimum absolute atomic E-state index is 0.111. The molecule has 3 aromatic rings. The van der Waals surface area contributed by atoms with Crippen LogP contribution < -0.4 is 15.0 Å². The highest BCUT2D eigenvalue weighted by atomic mass is 32.1. The zero-order chi connectivity index (χ0) is 22.5. The molecule has 8 nitrogen and oxygen atoms in total. The Morgan fingerprint density at radius 2 is 2.06 bits per heavy atom. The Morgan fingerprint density at radius 1 is 1.22 bits per heavy atom. The van der Waals surface area contributed by atoms with Gasteiger partial charge in [-0.2, -0.15) is 0 Å². The number of nitrogens with zero attached hydrogens (tertiary/aromatic N) is 2. The van der Waals surface area contributed by atoms with Crippen molar-refractivity contribution in [3.05, 3.63) is 63.3 Å². The van der Waals surface area contributed by atoms with E-state index in [9.17, 15) is 14.4 Å². The van der Waals surface area contributed by atoms with E-state index in [4.69, 9.17) is 9.47 Å². The van der Waals surface area contributed by atoms with Gasteiger partial charge in [-0.15, -0.1) is 22.7 Å². The average molecular weight is 472 g/mol. The molecule has 1 aliphatic rings. The molecule has 10 heteroatoms. The van der Waals surface area contributed by atoms with Gasteiger partial charge in [-0.05, 0) is 23.6 Å². The lowest BCUT2D eigenvalue weighted by atomic mass is 10.1. The highest BCUT2D eigenvalue weighted by Gasteiger charge is 2.35. The minimum Gasteiger partial charge on any atom is -0.475 e. The molecule has 0 spiro atoms. The number of hydrogen-bond donors (Lipinski definition) is 1. The number of amides is 2. The van der Waals surface area contributed by atoms with Crippen LogP contribution in [-0.4, -0.2) is 49.4 Å². The number of fused-ring (bicyclic) bond motifs is 1. The quantitative estimate of drug-likeness (QED) is 0.481. The van der Waals surface area contributed by atoms with E-state index in [1.54, 1.807) is 48.9 Å². The maximum atomic E-state index is 13.1.